The third kappa shape index (κ3) is 1.98. The van der Waals surface area contributed by atoms with E-state index < -0.39 is 0 Å². The number of rotatable bonds is 1. The molecule has 0 fully saturated rings. The Bertz CT molecular complexity index is 477. The molecule has 0 aliphatic carbocycles. The maximum absolute atomic E-state index is 5.80. The van der Waals surface area contributed by atoms with Gasteiger partial charge in [-0.05, 0) is 38.0 Å². The molecule has 0 radical (unpaired) electrons. The molecule has 0 saturated carbocycles. The summed E-state index contributed by atoms with van der Waals surface area (Å²) in [6.07, 6.45) is 0. The van der Waals surface area contributed by atoms with Crippen molar-refractivity contribution in [3.05, 3.63) is 29.0 Å². The first-order valence-electron chi connectivity index (χ1n) is 4.71. The van der Waals surface area contributed by atoms with Crippen molar-refractivity contribution in [1.29, 1.82) is 0 Å². The van der Waals surface area contributed by atoms with E-state index in [1.807, 2.05) is 13.8 Å². The SMILES string of the molecule is Cc1cc(C)c2onc(C(C)N)c2c1.Cl. The first-order valence-corrected chi connectivity index (χ1v) is 4.71. The average molecular weight is 227 g/mol. The number of benzene rings is 1. The van der Waals surface area contributed by atoms with Gasteiger partial charge in [-0.15, -0.1) is 12.4 Å². The fraction of sp³-hybridized carbons (Fsp3) is 0.364. The van der Waals surface area contributed by atoms with Gasteiger partial charge >= 0.3 is 0 Å². The molecule has 0 bridgehead atoms. The van der Waals surface area contributed by atoms with Crippen LogP contribution in [0, 0.1) is 13.8 Å². The number of nitrogens with zero attached hydrogens (tertiary/aromatic N) is 1. The Hall–Kier alpha value is -1.06. The normalized spacial score (nSPS) is 12.5. The summed E-state index contributed by atoms with van der Waals surface area (Å²) in [5.41, 5.74) is 9.81. The van der Waals surface area contributed by atoms with Crippen molar-refractivity contribution in [1.82, 2.24) is 5.16 Å². The molecule has 0 aliphatic heterocycles. The summed E-state index contributed by atoms with van der Waals surface area (Å²) in [5, 5.41) is 5.04. The van der Waals surface area contributed by atoms with Crippen molar-refractivity contribution < 1.29 is 4.52 Å². The largest absolute Gasteiger partial charge is 0.356 e. The van der Waals surface area contributed by atoms with Crippen LogP contribution in [0.25, 0.3) is 11.0 Å². The van der Waals surface area contributed by atoms with Gasteiger partial charge in [0.1, 0.15) is 5.69 Å². The van der Waals surface area contributed by atoms with E-state index in [0.717, 1.165) is 22.2 Å². The number of aromatic nitrogens is 1. The molecule has 2 rings (SSSR count). The fourth-order valence-electron chi connectivity index (χ4n) is 1.74. The lowest BCUT2D eigenvalue weighted by atomic mass is 10.1. The summed E-state index contributed by atoms with van der Waals surface area (Å²) in [6.45, 7) is 5.99. The molecule has 0 saturated heterocycles. The van der Waals surface area contributed by atoms with E-state index in [-0.39, 0.29) is 18.4 Å². The zero-order chi connectivity index (χ0) is 10.3. The van der Waals surface area contributed by atoms with Crippen molar-refractivity contribution >= 4 is 23.4 Å². The van der Waals surface area contributed by atoms with E-state index in [1.165, 1.54) is 5.56 Å². The van der Waals surface area contributed by atoms with Gasteiger partial charge in [-0.2, -0.15) is 0 Å². The molecule has 0 spiro atoms. The van der Waals surface area contributed by atoms with Gasteiger partial charge < -0.3 is 10.3 Å². The third-order valence-corrected chi connectivity index (χ3v) is 2.36. The van der Waals surface area contributed by atoms with Crippen LogP contribution in [0.15, 0.2) is 16.7 Å². The number of fused-ring (bicyclic) bond motifs is 1. The van der Waals surface area contributed by atoms with Gasteiger partial charge in [0.2, 0.25) is 0 Å². The molecule has 82 valence electrons. The average Bonchev–Trinajstić information content (AvgIpc) is 2.47. The van der Waals surface area contributed by atoms with Crippen LogP contribution in [0.3, 0.4) is 0 Å². The summed E-state index contributed by atoms with van der Waals surface area (Å²) < 4.78 is 5.27. The smallest absolute Gasteiger partial charge is 0.170 e. The molecule has 1 heterocycles. The van der Waals surface area contributed by atoms with Gasteiger partial charge in [0.05, 0.1) is 0 Å². The van der Waals surface area contributed by atoms with E-state index in [1.54, 1.807) is 0 Å². The van der Waals surface area contributed by atoms with Gasteiger partial charge in [-0.3, -0.25) is 0 Å². The van der Waals surface area contributed by atoms with Crippen LogP contribution >= 0.6 is 12.4 Å². The molecule has 1 aromatic heterocycles. The molecule has 15 heavy (non-hydrogen) atoms. The number of hydrogen-bond donors (Lipinski definition) is 1. The molecule has 4 heteroatoms. The van der Waals surface area contributed by atoms with Crippen molar-refractivity contribution in [3.8, 4) is 0 Å². The third-order valence-electron chi connectivity index (χ3n) is 2.36. The highest BCUT2D eigenvalue weighted by molar-refractivity contribution is 5.85. The molecule has 1 unspecified atom stereocenters. The number of nitrogens with two attached hydrogens (primary N) is 1. The second-order valence-corrected chi connectivity index (χ2v) is 3.81. The zero-order valence-corrected chi connectivity index (χ0v) is 9.89. The predicted octanol–water partition coefficient (Wildman–Crippen LogP) is 2.89. The van der Waals surface area contributed by atoms with Crippen molar-refractivity contribution in [3.63, 3.8) is 0 Å². The van der Waals surface area contributed by atoms with Crippen molar-refractivity contribution in [2.45, 2.75) is 26.8 Å². The minimum absolute atomic E-state index is 0. The van der Waals surface area contributed by atoms with Crippen LogP contribution in [-0.4, -0.2) is 5.16 Å². The first kappa shape index (κ1) is 12.0. The minimum Gasteiger partial charge on any atom is -0.356 e. The van der Waals surface area contributed by atoms with Gasteiger partial charge in [0, 0.05) is 11.4 Å². The molecular weight excluding hydrogens is 212 g/mol. The van der Waals surface area contributed by atoms with Gasteiger partial charge in [0.15, 0.2) is 5.58 Å². The highest BCUT2D eigenvalue weighted by Gasteiger charge is 2.13. The monoisotopic (exact) mass is 226 g/mol. The Morgan fingerprint density at radius 3 is 2.60 bits per heavy atom. The second-order valence-electron chi connectivity index (χ2n) is 3.81. The molecule has 0 amide bonds. The van der Waals surface area contributed by atoms with Crippen LogP contribution in [0.2, 0.25) is 0 Å². The Labute approximate surface area is 95.0 Å². The highest BCUT2D eigenvalue weighted by atomic mass is 35.5. The van der Waals surface area contributed by atoms with E-state index >= 15 is 0 Å². The summed E-state index contributed by atoms with van der Waals surface area (Å²) >= 11 is 0. The molecule has 1 atom stereocenters. The van der Waals surface area contributed by atoms with Gasteiger partial charge in [-0.25, -0.2) is 0 Å². The molecule has 1 aromatic carbocycles. The fourth-order valence-corrected chi connectivity index (χ4v) is 1.74. The van der Waals surface area contributed by atoms with Crippen LogP contribution in [0.4, 0.5) is 0 Å². The van der Waals surface area contributed by atoms with Crippen molar-refractivity contribution in [2.24, 2.45) is 5.73 Å². The predicted molar refractivity (Wildman–Crippen MR) is 63.3 cm³/mol. The zero-order valence-electron chi connectivity index (χ0n) is 9.07. The summed E-state index contributed by atoms with van der Waals surface area (Å²) in [7, 11) is 0. The highest BCUT2D eigenvalue weighted by Crippen LogP contribution is 2.26. The number of hydrogen-bond acceptors (Lipinski definition) is 3. The molecule has 0 aliphatic rings. The maximum Gasteiger partial charge on any atom is 0.170 e. The quantitative estimate of drug-likeness (QED) is 0.814. The van der Waals surface area contributed by atoms with Crippen LogP contribution < -0.4 is 5.73 Å². The summed E-state index contributed by atoms with van der Waals surface area (Å²) in [5.74, 6) is 0. The van der Waals surface area contributed by atoms with Crippen LogP contribution in [0.1, 0.15) is 29.8 Å². The Morgan fingerprint density at radius 1 is 1.33 bits per heavy atom. The minimum atomic E-state index is -0.0857. The van der Waals surface area contributed by atoms with Gasteiger partial charge in [-0.1, -0.05) is 11.2 Å². The van der Waals surface area contributed by atoms with E-state index in [2.05, 4.69) is 24.2 Å². The lowest BCUT2D eigenvalue weighted by Gasteiger charge is -2.00. The molecule has 3 nitrogen and oxygen atoms in total. The Morgan fingerprint density at radius 2 is 2.00 bits per heavy atom. The van der Waals surface area contributed by atoms with Crippen LogP contribution in [0.5, 0.6) is 0 Å². The second kappa shape index (κ2) is 4.21. The lowest BCUT2D eigenvalue weighted by Crippen LogP contribution is -2.05. The Kier molecular flexibility index (Phi) is 3.37. The van der Waals surface area contributed by atoms with Gasteiger partial charge in [0.25, 0.3) is 0 Å². The summed E-state index contributed by atoms with van der Waals surface area (Å²) in [6, 6.07) is 4.06. The number of aryl methyl sites for hydroxylation is 2. The van der Waals surface area contributed by atoms with E-state index in [4.69, 9.17) is 10.3 Å². The standard InChI is InChI=1S/C11H14N2O.ClH/c1-6-4-7(2)11-9(5-6)10(8(3)12)13-14-11;/h4-5,8H,12H2,1-3H3;1H. The number of halogens is 1. The maximum atomic E-state index is 5.80. The first-order chi connectivity index (χ1) is 6.59. The molecule has 2 aromatic rings. The van der Waals surface area contributed by atoms with Crippen molar-refractivity contribution in [2.75, 3.05) is 0 Å². The summed E-state index contributed by atoms with van der Waals surface area (Å²) in [4.78, 5) is 0. The molecule has 2 N–H and O–H groups in total. The topological polar surface area (TPSA) is 52.0 Å². The lowest BCUT2D eigenvalue weighted by molar-refractivity contribution is 0.439. The van der Waals surface area contributed by atoms with E-state index in [9.17, 15) is 0 Å². The molecular formula is C11H15ClN2O. The Balaban J connectivity index is 0.00000112. The van der Waals surface area contributed by atoms with E-state index in [0.29, 0.717) is 0 Å². The van der Waals surface area contributed by atoms with Crippen LogP contribution in [-0.2, 0) is 0 Å².